The Kier molecular flexibility index (Phi) is 6.97. The molecule has 0 saturated carbocycles. The summed E-state index contributed by atoms with van der Waals surface area (Å²) in [6.45, 7) is 2.43. The number of benzene rings is 2. The van der Waals surface area contributed by atoms with Crippen LogP contribution in [0.2, 0.25) is 0 Å². The van der Waals surface area contributed by atoms with Crippen molar-refractivity contribution >= 4 is 5.91 Å². The third-order valence-electron chi connectivity index (χ3n) is 4.41. The van der Waals surface area contributed by atoms with Crippen molar-refractivity contribution in [1.82, 2.24) is 5.32 Å². The van der Waals surface area contributed by atoms with Gasteiger partial charge in [-0.3, -0.25) is 4.79 Å². The van der Waals surface area contributed by atoms with Crippen molar-refractivity contribution in [3.8, 4) is 0 Å². The lowest BCUT2D eigenvalue weighted by Crippen LogP contribution is -2.37. The number of aliphatic hydroxyl groups excluding tert-OH is 1. The van der Waals surface area contributed by atoms with Gasteiger partial charge in [0.05, 0.1) is 5.92 Å². The van der Waals surface area contributed by atoms with Crippen molar-refractivity contribution < 1.29 is 9.90 Å². The number of hydrogen-bond acceptors (Lipinski definition) is 3. The van der Waals surface area contributed by atoms with Crippen LogP contribution in [0.3, 0.4) is 0 Å². The maximum absolute atomic E-state index is 12.4. The SMILES string of the molecule is CC(C(=O)NCC(CCO)c1ccccc1)C(N)c1ccccc1. The van der Waals surface area contributed by atoms with Crippen LogP contribution >= 0.6 is 0 Å². The predicted octanol–water partition coefficient (Wildman–Crippen LogP) is 2.60. The van der Waals surface area contributed by atoms with Gasteiger partial charge in [0.1, 0.15) is 0 Å². The minimum atomic E-state index is -0.334. The van der Waals surface area contributed by atoms with E-state index in [1.54, 1.807) is 0 Å². The zero-order valence-electron chi connectivity index (χ0n) is 14.1. The number of aliphatic hydroxyl groups is 1. The third kappa shape index (κ3) is 4.91. The van der Waals surface area contributed by atoms with Gasteiger partial charge in [-0.05, 0) is 17.5 Å². The normalized spacial score (nSPS) is 14.6. The molecule has 0 saturated heterocycles. The summed E-state index contributed by atoms with van der Waals surface area (Å²) < 4.78 is 0. The van der Waals surface area contributed by atoms with Gasteiger partial charge in [0.25, 0.3) is 0 Å². The minimum Gasteiger partial charge on any atom is -0.396 e. The summed E-state index contributed by atoms with van der Waals surface area (Å²) >= 11 is 0. The lowest BCUT2D eigenvalue weighted by Gasteiger charge is -2.22. The quantitative estimate of drug-likeness (QED) is 0.698. The summed E-state index contributed by atoms with van der Waals surface area (Å²) in [5.41, 5.74) is 8.29. The van der Waals surface area contributed by atoms with Crippen molar-refractivity contribution in [2.24, 2.45) is 11.7 Å². The summed E-state index contributed by atoms with van der Waals surface area (Å²) in [5, 5.41) is 12.3. The van der Waals surface area contributed by atoms with Crippen molar-refractivity contribution in [1.29, 1.82) is 0 Å². The molecule has 2 aromatic carbocycles. The van der Waals surface area contributed by atoms with Crippen molar-refractivity contribution in [2.45, 2.75) is 25.3 Å². The van der Waals surface area contributed by atoms with Crippen LogP contribution in [0, 0.1) is 5.92 Å². The Morgan fingerprint density at radius 1 is 1.04 bits per heavy atom. The molecule has 24 heavy (non-hydrogen) atoms. The highest BCUT2D eigenvalue weighted by molar-refractivity contribution is 5.79. The third-order valence-corrected chi connectivity index (χ3v) is 4.41. The van der Waals surface area contributed by atoms with Gasteiger partial charge in [0, 0.05) is 25.1 Å². The van der Waals surface area contributed by atoms with E-state index >= 15 is 0 Å². The van der Waals surface area contributed by atoms with E-state index in [0.29, 0.717) is 13.0 Å². The second-order valence-corrected chi connectivity index (χ2v) is 6.09. The van der Waals surface area contributed by atoms with Gasteiger partial charge in [-0.1, -0.05) is 67.6 Å². The van der Waals surface area contributed by atoms with Gasteiger partial charge in [-0.2, -0.15) is 0 Å². The average molecular weight is 326 g/mol. The molecule has 0 radical (unpaired) electrons. The monoisotopic (exact) mass is 326 g/mol. The molecule has 2 aromatic rings. The van der Waals surface area contributed by atoms with Crippen LogP contribution in [0.4, 0.5) is 0 Å². The Morgan fingerprint density at radius 2 is 1.58 bits per heavy atom. The Hall–Kier alpha value is -2.17. The molecule has 0 aliphatic carbocycles. The molecule has 2 rings (SSSR count). The molecule has 4 heteroatoms. The van der Waals surface area contributed by atoms with Gasteiger partial charge < -0.3 is 16.2 Å². The molecule has 0 fully saturated rings. The summed E-state index contributed by atoms with van der Waals surface area (Å²) in [5.74, 6) is -0.288. The van der Waals surface area contributed by atoms with Gasteiger partial charge in [0.2, 0.25) is 5.91 Å². The van der Waals surface area contributed by atoms with Crippen molar-refractivity contribution in [3.63, 3.8) is 0 Å². The molecule has 0 aliphatic rings. The van der Waals surface area contributed by atoms with E-state index in [0.717, 1.165) is 11.1 Å². The second kappa shape index (κ2) is 9.21. The predicted molar refractivity (Wildman–Crippen MR) is 96.4 cm³/mol. The Labute approximate surface area is 143 Å². The van der Waals surface area contributed by atoms with Gasteiger partial charge >= 0.3 is 0 Å². The number of nitrogens with two attached hydrogens (primary N) is 1. The molecule has 0 aliphatic heterocycles. The van der Waals surface area contributed by atoms with Crippen LogP contribution in [-0.2, 0) is 4.79 Å². The van der Waals surface area contributed by atoms with Gasteiger partial charge in [-0.15, -0.1) is 0 Å². The lowest BCUT2D eigenvalue weighted by atomic mass is 9.93. The first kappa shape index (κ1) is 18.2. The molecular formula is C20H26N2O2. The van der Waals surface area contributed by atoms with Crippen LogP contribution in [-0.4, -0.2) is 24.2 Å². The second-order valence-electron chi connectivity index (χ2n) is 6.09. The topological polar surface area (TPSA) is 75.3 Å². The number of carbonyl (C=O) groups is 1. The number of carbonyl (C=O) groups excluding carboxylic acids is 1. The first-order valence-corrected chi connectivity index (χ1v) is 8.37. The summed E-state index contributed by atoms with van der Waals surface area (Å²) in [4.78, 5) is 12.4. The number of rotatable bonds is 8. The maximum atomic E-state index is 12.4. The zero-order chi connectivity index (χ0) is 17.4. The van der Waals surface area contributed by atoms with Crippen molar-refractivity contribution in [3.05, 3.63) is 71.8 Å². The minimum absolute atomic E-state index is 0.0646. The first-order valence-electron chi connectivity index (χ1n) is 8.37. The Bertz CT molecular complexity index is 616. The Morgan fingerprint density at radius 3 is 2.12 bits per heavy atom. The molecule has 4 nitrogen and oxygen atoms in total. The molecule has 0 spiro atoms. The molecule has 4 N–H and O–H groups in total. The maximum Gasteiger partial charge on any atom is 0.224 e. The first-order chi connectivity index (χ1) is 11.6. The van der Waals surface area contributed by atoms with E-state index in [1.807, 2.05) is 67.6 Å². The van der Waals surface area contributed by atoms with Crippen LogP contribution in [0.5, 0.6) is 0 Å². The smallest absolute Gasteiger partial charge is 0.224 e. The molecule has 0 bridgehead atoms. The van der Waals surface area contributed by atoms with E-state index in [4.69, 9.17) is 5.73 Å². The zero-order valence-corrected chi connectivity index (χ0v) is 14.1. The van der Waals surface area contributed by atoms with Gasteiger partial charge in [0.15, 0.2) is 0 Å². The fourth-order valence-corrected chi connectivity index (χ4v) is 2.78. The molecule has 3 unspecified atom stereocenters. The fourth-order valence-electron chi connectivity index (χ4n) is 2.78. The highest BCUT2D eigenvalue weighted by atomic mass is 16.3. The summed E-state index contributed by atoms with van der Waals surface area (Å²) in [6.07, 6.45) is 0.614. The summed E-state index contributed by atoms with van der Waals surface area (Å²) in [6, 6.07) is 19.2. The van der Waals surface area contributed by atoms with E-state index in [-0.39, 0.29) is 30.4 Å². The van der Waals surface area contributed by atoms with Crippen LogP contribution in [0.25, 0.3) is 0 Å². The number of hydrogen-bond donors (Lipinski definition) is 3. The fraction of sp³-hybridized carbons (Fsp3) is 0.350. The average Bonchev–Trinajstić information content (AvgIpc) is 2.65. The van der Waals surface area contributed by atoms with Crippen molar-refractivity contribution in [2.75, 3.05) is 13.2 Å². The standard InChI is InChI=1S/C20H26N2O2/c1-15(19(21)17-10-6-3-7-11-17)20(24)22-14-18(12-13-23)16-8-4-2-5-9-16/h2-11,15,18-19,23H,12-14,21H2,1H3,(H,22,24). The molecule has 1 amide bonds. The molecule has 0 heterocycles. The van der Waals surface area contributed by atoms with E-state index in [1.165, 1.54) is 0 Å². The van der Waals surface area contributed by atoms with Crippen LogP contribution in [0.15, 0.2) is 60.7 Å². The van der Waals surface area contributed by atoms with Crippen LogP contribution in [0.1, 0.15) is 36.4 Å². The number of nitrogens with one attached hydrogen (secondary N) is 1. The van der Waals surface area contributed by atoms with Gasteiger partial charge in [-0.25, -0.2) is 0 Å². The highest BCUT2D eigenvalue weighted by Gasteiger charge is 2.23. The van der Waals surface area contributed by atoms with E-state index in [9.17, 15) is 9.90 Å². The molecule has 3 atom stereocenters. The lowest BCUT2D eigenvalue weighted by molar-refractivity contribution is -0.125. The molecular weight excluding hydrogens is 300 g/mol. The molecule has 128 valence electrons. The largest absolute Gasteiger partial charge is 0.396 e. The van der Waals surface area contributed by atoms with E-state index < -0.39 is 0 Å². The highest BCUT2D eigenvalue weighted by Crippen LogP contribution is 2.21. The van der Waals surface area contributed by atoms with Crippen LogP contribution < -0.4 is 11.1 Å². The van der Waals surface area contributed by atoms with E-state index in [2.05, 4.69) is 5.32 Å². The summed E-state index contributed by atoms with van der Waals surface area (Å²) in [7, 11) is 0. The Balaban J connectivity index is 1.95. The number of amides is 1. The molecule has 0 aromatic heterocycles.